The Bertz CT molecular complexity index is 501. The normalized spacial score (nSPS) is 9.31. The minimum atomic E-state index is 0.882. The molecule has 2 aromatic carbocycles. The first kappa shape index (κ1) is 11.0. The molecule has 0 unspecified atom stereocenters. The van der Waals surface area contributed by atoms with Gasteiger partial charge in [-0.2, -0.15) is 0 Å². The van der Waals surface area contributed by atoms with Gasteiger partial charge in [0.05, 0.1) is 0 Å². The second-order valence-corrected chi connectivity index (χ2v) is 3.92. The van der Waals surface area contributed by atoms with Crippen LogP contribution in [0.2, 0.25) is 0 Å². The Balaban J connectivity index is 2.18. The summed E-state index contributed by atoms with van der Waals surface area (Å²) in [5.74, 6) is 6.20. The fraction of sp³-hybridized carbons (Fsp3) is 0.0667. The molecule has 0 amide bonds. The van der Waals surface area contributed by atoms with Gasteiger partial charge in [0.1, 0.15) is 0 Å². The molecule has 0 saturated heterocycles. The summed E-state index contributed by atoms with van der Waals surface area (Å²) < 4.78 is 0. The summed E-state index contributed by atoms with van der Waals surface area (Å²) in [5.41, 5.74) is 3.21. The molecule has 0 heterocycles. The lowest BCUT2D eigenvalue weighted by atomic mass is 10.1. The van der Waals surface area contributed by atoms with E-state index in [0.717, 1.165) is 16.5 Å². The van der Waals surface area contributed by atoms with E-state index in [4.69, 9.17) is 0 Å². The molecule has 2 aromatic rings. The highest BCUT2D eigenvalue weighted by Gasteiger charge is 1.89. The molecule has 0 atom stereocenters. The third kappa shape index (κ3) is 2.98. The van der Waals surface area contributed by atoms with Crippen molar-refractivity contribution >= 4 is 15.9 Å². The van der Waals surface area contributed by atoms with E-state index in [-0.39, 0.29) is 0 Å². The van der Waals surface area contributed by atoms with Crippen molar-refractivity contribution in [3.05, 3.63) is 71.3 Å². The number of hydrogen-bond donors (Lipinski definition) is 0. The van der Waals surface area contributed by atoms with E-state index in [1.807, 2.05) is 36.4 Å². The maximum absolute atomic E-state index is 3.42. The molecule has 0 saturated carbocycles. The van der Waals surface area contributed by atoms with Crippen LogP contribution in [0.1, 0.15) is 16.7 Å². The van der Waals surface area contributed by atoms with Crippen LogP contribution in [-0.4, -0.2) is 0 Å². The molecule has 0 nitrogen and oxygen atoms in total. The van der Waals surface area contributed by atoms with Gasteiger partial charge in [0.15, 0.2) is 0 Å². The van der Waals surface area contributed by atoms with Crippen LogP contribution in [0.4, 0.5) is 0 Å². The fourth-order valence-corrected chi connectivity index (χ4v) is 1.66. The Morgan fingerprint density at radius 2 is 1.81 bits per heavy atom. The molecule has 2 rings (SSSR count). The van der Waals surface area contributed by atoms with Crippen molar-refractivity contribution in [2.45, 2.75) is 5.33 Å². The minimum absolute atomic E-state index is 0.882. The molecule has 0 aliphatic carbocycles. The van der Waals surface area contributed by atoms with E-state index in [9.17, 15) is 0 Å². The molecular weight excluding hydrogens is 260 g/mol. The molecule has 1 radical (unpaired) electrons. The van der Waals surface area contributed by atoms with Crippen LogP contribution in [0.15, 0.2) is 48.5 Å². The lowest BCUT2D eigenvalue weighted by molar-refractivity contribution is 1.43. The monoisotopic (exact) mass is 269 g/mol. The highest BCUT2D eigenvalue weighted by molar-refractivity contribution is 9.08. The summed E-state index contributed by atoms with van der Waals surface area (Å²) in [5, 5.41) is 0.882. The molecule has 0 bridgehead atoms. The van der Waals surface area contributed by atoms with Gasteiger partial charge in [-0.1, -0.05) is 58.1 Å². The maximum Gasteiger partial charge on any atom is 0.0327 e. The Labute approximate surface area is 104 Å². The minimum Gasteiger partial charge on any atom is -0.0876 e. The smallest absolute Gasteiger partial charge is 0.0327 e. The molecule has 0 aliphatic rings. The van der Waals surface area contributed by atoms with E-state index in [1.54, 1.807) is 0 Å². The van der Waals surface area contributed by atoms with Gasteiger partial charge in [-0.15, -0.1) is 0 Å². The quantitative estimate of drug-likeness (QED) is 0.546. The number of benzene rings is 2. The van der Waals surface area contributed by atoms with E-state index in [2.05, 4.69) is 46.0 Å². The zero-order valence-corrected chi connectivity index (χ0v) is 10.3. The van der Waals surface area contributed by atoms with E-state index in [0.29, 0.717) is 0 Å². The van der Waals surface area contributed by atoms with Gasteiger partial charge < -0.3 is 0 Å². The van der Waals surface area contributed by atoms with Crippen molar-refractivity contribution in [2.75, 3.05) is 0 Å². The average molecular weight is 270 g/mol. The summed E-state index contributed by atoms with van der Waals surface area (Å²) in [4.78, 5) is 0. The van der Waals surface area contributed by atoms with E-state index >= 15 is 0 Å². The van der Waals surface area contributed by atoms with Gasteiger partial charge in [-0.25, -0.2) is 0 Å². The fourth-order valence-electron chi connectivity index (χ4n) is 1.29. The van der Waals surface area contributed by atoms with Crippen molar-refractivity contribution in [1.29, 1.82) is 0 Å². The lowest BCUT2D eigenvalue weighted by Crippen LogP contribution is -1.79. The second-order valence-electron chi connectivity index (χ2n) is 3.36. The van der Waals surface area contributed by atoms with Gasteiger partial charge in [-0.05, 0) is 29.8 Å². The molecule has 0 N–H and O–H groups in total. The first-order valence-corrected chi connectivity index (χ1v) is 6.14. The van der Waals surface area contributed by atoms with Gasteiger partial charge in [0.25, 0.3) is 0 Å². The largest absolute Gasteiger partial charge is 0.0876 e. The Morgan fingerprint density at radius 3 is 2.44 bits per heavy atom. The number of rotatable bonds is 1. The molecular formula is C15H10Br. The van der Waals surface area contributed by atoms with Gasteiger partial charge in [0.2, 0.25) is 0 Å². The Kier molecular flexibility index (Phi) is 3.80. The van der Waals surface area contributed by atoms with Gasteiger partial charge in [-0.3, -0.25) is 0 Å². The maximum atomic E-state index is 3.42. The first-order valence-electron chi connectivity index (χ1n) is 5.02. The summed E-state index contributed by atoms with van der Waals surface area (Å²) >= 11 is 3.42. The Hall–Kier alpha value is -1.52. The van der Waals surface area contributed by atoms with Crippen molar-refractivity contribution < 1.29 is 0 Å². The number of halogens is 1. The van der Waals surface area contributed by atoms with Crippen molar-refractivity contribution in [2.24, 2.45) is 0 Å². The topological polar surface area (TPSA) is 0 Å². The number of alkyl halides is 1. The third-order valence-corrected chi connectivity index (χ3v) is 2.81. The van der Waals surface area contributed by atoms with Crippen LogP contribution in [0.3, 0.4) is 0 Å². The van der Waals surface area contributed by atoms with Crippen molar-refractivity contribution in [3.63, 3.8) is 0 Å². The summed E-state index contributed by atoms with van der Waals surface area (Å²) in [6, 6.07) is 19.0. The second kappa shape index (κ2) is 5.53. The third-order valence-electron chi connectivity index (χ3n) is 2.16. The van der Waals surface area contributed by atoms with E-state index < -0.39 is 0 Å². The molecule has 0 spiro atoms. The number of hydrogen-bond acceptors (Lipinski definition) is 0. The SMILES string of the molecule is BrCc1ccc(C#Cc2[c]cccc2)cc1. The van der Waals surface area contributed by atoms with Crippen LogP contribution < -0.4 is 0 Å². The predicted molar refractivity (Wildman–Crippen MR) is 70.3 cm³/mol. The average Bonchev–Trinajstić information content (AvgIpc) is 2.38. The molecule has 1 heteroatoms. The van der Waals surface area contributed by atoms with Gasteiger partial charge >= 0.3 is 0 Å². The van der Waals surface area contributed by atoms with Crippen LogP contribution in [0, 0.1) is 17.9 Å². The van der Waals surface area contributed by atoms with Crippen molar-refractivity contribution in [1.82, 2.24) is 0 Å². The molecule has 0 fully saturated rings. The van der Waals surface area contributed by atoms with Crippen LogP contribution in [0.25, 0.3) is 0 Å². The summed E-state index contributed by atoms with van der Waals surface area (Å²) in [7, 11) is 0. The molecule has 16 heavy (non-hydrogen) atoms. The molecule has 77 valence electrons. The summed E-state index contributed by atoms with van der Waals surface area (Å²) in [6.07, 6.45) is 0. The molecule has 0 aromatic heterocycles. The molecule has 0 aliphatic heterocycles. The van der Waals surface area contributed by atoms with Gasteiger partial charge in [0, 0.05) is 16.5 Å². The lowest BCUT2D eigenvalue weighted by Gasteiger charge is -1.94. The predicted octanol–water partition coefficient (Wildman–Crippen LogP) is 3.78. The van der Waals surface area contributed by atoms with Crippen LogP contribution in [-0.2, 0) is 5.33 Å². The highest BCUT2D eigenvalue weighted by Crippen LogP contribution is 2.07. The highest BCUT2D eigenvalue weighted by atomic mass is 79.9. The zero-order valence-electron chi connectivity index (χ0n) is 8.70. The van der Waals surface area contributed by atoms with Crippen molar-refractivity contribution in [3.8, 4) is 11.8 Å². The van der Waals surface area contributed by atoms with E-state index in [1.165, 1.54) is 5.56 Å². The summed E-state index contributed by atoms with van der Waals surface area (Å²) in [6.45, 7) is 0. The zero-order chi connectivity index (χ0) is 11.2. The van der Waals surface area contributed by atoms with Crippen LogP contribution >= 0.6 is 15.9 Å². The van der Waals surface area contributed by atoms with Crippen LogP contribution in [0.5, 0.6) is 0 Å². The first-order chi connectivity index (χ1) is 7.88. The Morgan fingerprint density at radius 1 is 1.00 bits per heavy atom. The standard InChI is InChI=1S/C15H10Br/c16-12-15-10-8-14(9-11-15)7-6-13-4-2-1-3-5-13/h1-4,8-11H,12H2.